The van der Waals surface area contributed by atoms with Crippen molar-refractivity contribution in [1.82, 2.24) is 0 Å². The van der Waals surface area contributed by atoms with E-state index in [0.717, 1.165) is 17.1 Å². The van der Waals surface area contributed by atoms with Crippen LogP contribution in [0.15, 0.2) is 54.1 Å². The SMILES string of the molecule is COc1cc(OC)c(N2c3ccc(C)cc3C(=C(C)C)c3cc(C)ccc32)c(OC)c1. The van der Waals surface area contributed by atoms with Gasteiger partial charge in [-0.05, 0) is 57.5 Å². The molecule has 0 bridgehead atoms. The highest BCUT2D eigenvalue weighted by molar-refractivity contribution is 6.03. The summed E-state index contributed by atoms with van der Waals surface area (Å²) in [5.41, 5.74) is 10.5. The smallest absolute Gasteiger partial charge is 0.150 e. The predicted molar refractivity (Wildman–Crippen MR) is 128 cm³/mol. The van der Waals surface area contributed by atoms with Crippen LogP contribution >= 0.6 is 0 Å². The van der Waals surface area contributed by atoms with E-state index in [4.69, 9.17) is 14.2 Å². The highest BCUT2D eigenvalue weighted by atomic mass is 16.5. The van der Waals surface area contributed by atoms with E-state index in [2.05, 4.69) is 69.0 Å². The molecular formula is C27H29NO3. The fraction of sp³-hybridized carbons (Fsp3) is 0.259. The number of hydrogen-bond donors (Lipinski definition) is 0. The first-order valence-electron chi connectivity index (χ1n) is 10.4. The highest BCUT2D eigenvalue weighted by Crippen LogP contribution is 2.55. The number of nitrogens with zero attached hydrogens (tertiary/aromatic N) is 1. The zero-order valence-electron chi connectivity index (χ0n) is 19.3. The molecule has 0 aliphatic carbocycles. The normalized spacial score (nSPS) is 12.2. The molecule has 1 aliphatic heterocycles. The van der Waals surface area contributed by atoms with Crippen molar-refractivity contribution in [3.63, 3.8) is 0 Å². The summed E-state index contributed by atoms with van der Waals surface area (Å²) in [7, 11) is 5.00. The third kappa shape index (κ3) is 3.42. The second kappa shape index (κ2) is 8.03. The van der Waals surface area contributed by atoms with Crippen molar-refractivity contribution in [1.29, 1.82) is 0 Å². The number of ether oxygens (including phenoxy) is 3. The zero-order chi connectivity index (χ0) is 22.3. The van der Waals surface area contributed by atoms with E-state index in [1.165, 1.54) is 33.4 Å². The van der Waals surface area contributed by atoms with Gasteiger partial charge in [-0.15, -0.1) is 0 Å². The Hall–Kier alpha value is -3.40. The van der Waals surface area contributed by atoms with Gasteiger partial charge < -0.3 is 19.1 Å². The van der Waals surface area contributed by atoms with Crippen molar-refractivity contribution in [3.8, 4) is 17.2 Å². The molecule has 1 heterocycles. The van der Waals surface area contributed by atoms with Crippen LogP contribution in [0.25, 0.3) is 5.57 Å². The van der Waals surface area contributed by atoms with Crippen LogP contribution in [0, 0.1) is 13.8 Å². The van der Waals surface area contributed by atoms with Crippen LogP contribution < -0.4 is 19.1 Å². The van der Waals surface area contributed by atoms with Gasteiger partial charge in [-0.3, -0.25) is 0 Å². The Kier molecular flexibility index (Phi) is 5.40. The van der Waals surface area contributed by atoms with Gasteiger partial charge in [0.2, 0.25) is 0 Å². The molecule has 4 heteroatoms. The Morgan fingerprint density at radius 2 is 1.16 bits per heavy atom. The number of rotatable bonds is 4. The van der Waals surface area contributed by atoms with Crippen LogP contribution in [0.4, 0.5) is 17.1 Å². The van der Waals surface area contributed by atoms with Crippen molar-refractivity contribution in [3.05, 3.63) is 76.4 Å². The van der Waals surface area contributed by atoms with Gasteiger partial charge in [0.05, 0.1) is 32.7 Å². The first kappa shape index (κ1) is 20.9. The van der Waals surface area contributed by atoms with Crippen molar-refractivity contribution in [2.75, 3.05) is 26.2 Å². The van der Waals surface area contributed by atoms with Gasteiger partial charge in [-0.2, -0.15) is 0 Å². The number of allylic oxidation sites excluding steroid dienone is 1. The molecule has 3 aromatic rings. The summed E-state index contributed by atoms with van der Waals surface area (Å²) in [6, 6.07) is 17.0. The highest BCUT2D eigenvalue weighted by Gasteiger charge is 2.32. The van der Waals surface area contributed by atoms with Crippen LogP contribution in [-0.2, 0) is 0 Å². The lowest BCUT2D eigenvalue weighted by Gasteiger charge is -2.37. The fourth-order valence-corrected chi connectivity index (χ4v) is 4.35. The molecule has 0 saturated carbocycles. The Morgan fingerprint density at radius 3 is 1.55 bits per heavy atom. The predicted octanol–water partition coefficient (Wildman–Crippen LogP) is 6.95. The zero-order valence-corrected chi connectivity index (χ0v) is 19.3. The van der Waals surface area contributed by atoms with E-state index in [9.17, 15) is 0 Å². The maximum absolute atomic E-state index is 5.82. The molecule has 0 fully saturated rings. The van der Waals surface area contributed by atoms with E-state index in [1.807, 2.05) is 12.1 Å². The summed E-state index contributed by atoms with van der Waals surface area (Å²) in [4.78, 5) is 2.24. The van der Waals surface area contributed by atoms with Gasteiger partial charge in [0.15, 0.2) is 0 Å². The lowest BCUT2D eigenvalue weighted by molar-refractivity contribution is 0.377. The Bertz CT molecular complexity index is 1110. The van der Waals surface area contributed by atoms with Crippen LogP contribution in [0.5, 0.6) is 17.2 Å². The van der Waals surface area contributed by atoms with E-state index in [0.29, 0.717) is 17.2 Å². The number of fused-ring (bicyclic) bond motifs is 2. The minimum Gasteiger partial charge on any atom is -0.496 e. The molecule has 31 heavy (non-hydrogen) atoms. The van der Waals surface area contributed by atoms with Gasteiger partial charge in [-0.25, -0.2) is 0 Å². The molecule has 160 valence electrons. The Balaban J connectivity index is 2.13. The summed E-state index contributed by atoms with van der Waals surface area (Å²) in [6.45, 7) is 8.62. The number of hydrogen-bond acceptors (Lipinski definition) is 4. The van der Waals surface area contributed by atoms with Gasteiger partial charge in [0, 0.05) is 23.3 Å². The average Bonchev–Trinajstić information content (AvgIpc) is 2.76. The Morgan fingerprint density at radius 1 is 0.677 bits per heavy atom. The van der Waals surface area contributed by atoms with Crippen molar-refractivity contribution >= 4 is 22.6 Å². The molecule has 0 spiro atoms. The average molecular weight is 416 g/mol. The molecule has 4 nitrogen and oxygen atoms in total. The summed E-state index contributed by atoms with van der Waals surface area (Å²) < 4.78 is 17.1. The molecule has 0 radical (unpaired) electrons. The molecule has 0 aromatic heterocycles. The van der Waals surface area contributed by atoms with Crippen molar-refractivity contribution < 1.29 is 14.2 Å². The third-order valence-corrected chi connectivity index (χ3v) is 5.74. The molecule has 4 rings (SSSR count). The second-order valence-corrected chi connectivity index (χ2v) is 8.13. The molecule has 3 aromatic carbocycles. The first-order valence-corrected chi connectivity index (χ1v) is 10.4. The monoisotopic (exact) mass is 415 g/mol. The van der Waals surface area contributed by atoms with Gasteiger partial charge in [-0.1, -0.05) is 28.8 Å². The maximum atomic E-state index is 5.82. The van der Waals surface area contributed by atoms with Crippen LogP contribution in [0.3, 0.4) is 0 Å². The minimum atomic E-state index is 0.688. The third-order valence-electron chi connectivity index (χ3n) is 5.74. The molecule has 0 saturated heterocycles. The van der Waals surface area contributed by atoms with E-state index in [1.54, 1.807) is 21.3 Å². The molecule has 0 amide bonds. The van der Waals surface area contributed by atoms with Gasteiger partial charge >= 0.3 is 0 Å². The largest absolute Gasteiger partial charge is 0.496 e. The minimum absolute atomic E-state index is 0.688. The standard InChI is InChI=1S/C27H29NO3/c1-16(2)26-20-12-17(3)8-10-22(20)28(23-11-9-18(4)13-21(23)26)27-24(30-6)14-19(29-5)15-25(27)31-7/h8-15H,1-7H3. The van der Waals surface area contributed by atoms with E-state index in [-0.39, 0.29) is 0 Å². The molecular weight excluding hydrogens is 386 g/mol. The molecule has 1 aliphatic rings. The number of methoxy groups -OCH3 is 3. The number of anilines is 3. The summed E-state index contributed by atoms with van der Waals surface area (Å²) in [5.74, 6) is 2.07. The maximum Gasteiger partial charge on any atom is 0.150 e. The topological polar surface area (TPSA) is 30.9 Å². The van der Waals surface area contributed by atoms with Crippen molar-refractivity contribution in [2.24, 2.45) is 0 Å². The molecule has 0 atom stereocenters. The van der Waals surface area contributed by atoms with Gasteiger partial charge in [0.25, 0.3) is 0 Å². The van der Waals surface area contributed by atoms with E-state index < -0.39 is 0 Å². The lowest BCUT2D eigenvalue weighted by Crippen LogP contribution is -2.20. The van der Waals surface area contributed by atoms with Gasteiger partial charge in [0.1, 0.15) is 22.9 Å². The molecule has 0 N–H and O–H groups in total. The Labute approximate surface area is 184 Å². The summed E-state index contributed by atoms with van der Waals surface area (Å²) >= 11 is 0. The van der Waals surface area contributed by atoms with Crippen LogP contribution in [-0.4, -0.2) is 21.3 Å². The van der Waals surface area contributed by atoms with E-state index >= 15 is 0 Å². The van der Waals surface area contributed by atoms with Crippen LogP contribution in [0.1, 0.15) is 36.1 Å². The second-order valence-electron chi connectivity index (χ2n) is 8.13. The summed E-state index contributed by atoms with van der Waals surface area (Å²) in [6.07, 6.45) is 0. The summed E-state index contributed by atoms with van der Waals surface area (Å²) in [5, 5.41) is 0. The van der Waals surface area contributed by atoms with Crippen LogP contribution in [0.2, 0.25) is 0 Å². The quantitative estimate of drug-likeness (QED) is 0.361. The lowest BCUT2D eigenvalue weighted by atomic mass is 9.85. The number of aryl methyl sites for hydroxylation is 2. The number of benzene rings is 3. The molecule has 0 unspecified atom stereocenters. The van der Waals surface area contributed by atoms with Crippen molar-refractivity contribution in [2.45, 2.75) is 27.7 Å². The fourth-order valence-electron chi connectivity index (χ4n) is 4.35. The first-order chi connectivity index (χ1) is 14.9.